The molecule has 7 heteroatoms. The third kappa shape index (κ3) is 4.41. The molecule has 156 valence electrons. The number of rotatable bonds is 4. The lowest BCUT2D eigenvalue weighted by Crippen LogP contribution is -2.30. The summed E-state index contributed by atoms with van der Waals surface area (Å²) >= 11 is 1.24. The van der Waals surface area contributed by atoms with Crippen molar-refractivity contribution in [2.24, 2.45) is 4.99 Å². The maximum Gasteiger partial charge on any atom is 0.266 e. The second kappa shape index (κ2) is 9.00. The summed E-state index contributed by atoms with van der Waals surface area (Å²) in [6.45, 7) is 4.08. The highest BCUT2D eigenvalue weighted by Crippen LogP contribution is 2.34. The normalized spacial score (nSPS) is 19.9. The number of hydrogen-bond donors (Lipinski definition) is 0. The zero-order valence-corrected chi connectivity index (χ0v) is 17.6. The number of likely N-dealkylation sites (N-methyl/N-ethyl adjacent to an activating group) is 1. The molecule has 30 heavy (non-hydrogen) atoms. The van der Waals surface area contributed by atoms with E-state index in [1.807, 2.05) is 13.0 Å². The van der Waals surface area contributed by atoms with Crippen molar-refractivity contribution < 1.29 is 13.6 Å². The molecule has 4 nitrogen and oxygen atoms in total. The Balaban J connectivity index is 1.58. The Labute approximate surface area is 179 Å². The number of amides is 1. The molecule has 0 aliphatic carbocycles. The zero-order chi connectivity index (χ0) is 21.1. The van der Waals surface area contributed by atoms with E-state index in [2.05, 4.69) is 9.89 Å². The molecule has 0 aromatic heterocycles. The number of carbonyl (C=O) groups is 1. The van der Waals surface area contributed by atoms with Crippen molar-refractivity contribution in [1.29, 1.82) is 0 Å². The Morgan fingerprint density at radius 3 is 2.47 bits per heavy atom. The summed E-state index contributed by atoms with van der Waals surface area (Å²) < 4.78 is 27.8. The van der Waals surface area contributed by atoms with Crippen molar-refractivity contribution in [3.05, 3.63) is 64.6 Å². The number of hydrogen-bond acceptors (Lipinski definition) is 4. The summed E-state index contributed by atoms with van der Waals surface area (Å²) in [4.78, 5) is 21.4. The van der Waals surface area contributed by atoms with Gasteiger partial charge in [0.2, 0.25) is 0 Å². The zero-order valence-electron chi connectivity index (χ0n) is 16.8. The van der Waals surface area contributed by atoms with Crippen molar-refractivity contribution in [2.45, 2.75) is 26.2 Å². The van der Waals surface area contributed by atoms with Gasteiger partial charge in [-0.1, -0.05) is 6.07 Å². The number of thioether (sulfide) groups is 1. The molecule has 2 heterocycles. The van der Waals surface area contributed by atoms with Crippen LogP contribution in [0.25, 0.3) is 6.08 Å². The fourth-order valence-electron chi connectivity index (χ4n) is 3.65. The summed E-state index contributed by atoms with van der Waals surface area (Å²) in [5.74, 6) is -0.768. The van der Waals surface area contributed by atoms with E-state index in [4.69, 9.17) is 0 Å². The van der Waals surface area contributed by atoms with Crippen LogP contribution >= 0.6 is 11.8 Å². The van der Waals surface area contributed by atoms with Crippen LogP contribution in [0.3, 0.4) is 0 Å². The number of piperidine rings is 1. The summed E-state index contributed by atoms with van der Waals surface area (Å²) in [6, 6.07) is 10.9. The lowest BCUT2D eigenvalue weighted by Gasteiger charge is -2.29. The van der Waals surface area contributed by atoms with Gasteiger partial charge >= 0.3 is 0 Å². The third-order valence-electron chi connectivity index (χ3n) is 5.22. The molecule has 0 saturated carbocycles. The lowest BCUT2D eigenvalue weighted by molar-refractivity contribution is -0.122. The van der Waals surface area contributed by atoms with E-state index in [1.165, 1.54) is 36.4 Å². The minimum absolute atomic E-state index is 0.163. The van der Waals surface area contributed by atoms with Gasteiger partial charge in [-0.3, -0.25) is 9.69 Å². The van der Waals surface area contributed by atoms with E-state index < -0.39 is 0 Å². The minimum Gasteiger partial charge on any atom is -0.369 e. The second-order valence-electron chi connectivity index (χ2n) is 7.29. The summed E-state index contributed by atoms with van der Waals surface area (Å²) in [6.07, 6.45) is 5.06. The average molecular weight is 428 g/mol. The summed E-state index contributed by atoms with van der Waals surface area (Å²) in [5.41, 5.74) is 1.84. The fraction of sp³-hybridized carbons (Fsp3) is 0.304. The third-order valence-corrected chi connectivity index (χ3v) is 6.23. The van der Waals surface area contributed by atoms with Crippen molar-refractivity contribution >= 4 is 40.3 Å². The monoisotopic (exact) mass is 427 g/mol. The predicted octanol–water partition coefficient (Wildman–Crippen LogP) is 5.58. The van der Waals surface area contributed by atoms with Crippen LogP contribution < -0.4 is 4.90 Å². The van der Waals surface area contributed by atoms with Gasteiger partial charge in [0.15, 0.2) is 5.17 Å². The molecule has 0 bridgehead atoms. The largest absolute Gasteiger partial charge is 0.369 e. The highest BCUT2D eigenvalue weighted by molar-refractivity contribution is 8.18. The highest BCUT2D eigenvalue weighted by Gasteiger charge is 2.32. The molecule has 2 saturated heterocycles. The topological polar surface area (TPSA) is 35.9 Å². The molecular formula is C23H23F2N3OS. The molecular weight excluding hydrogens is 404 g/mol. The van der Waals surface area contributed by atoms with Gasteiger partial charge in [-0.25, -0.2) is 13.8 Å². The standard InChI is InChI=1S/C23H23F2N3OS/c1-2-28-22(29)21(30-23(28)26-18-9-7-17(24)8-10-18)15-16-6-11-20(19(25)14-16)27-12-4-3-5-13-27/h6-11,14-15H,2-5,12-13H2,1H3/b21-15+,26-23?. The molecule has 2 aliphatic heterocycles. The molecule has 2 aromatic rings. The summed E-state index contributed by atoms with van der Waals surface area (Å²) in [7, 11) is 0. The number of nitrogens with zero attached hydrogens (tertiary/aromatic N) is 3. The van der Waals surface area contributed by atoms with E-state index in [0.29, 0.717) is 33.6 Å². The molecule has 0 unspecified atom stereocenters. The lowest BCUT2D eigenvalue weighted by atomic mass is 10.1. The van der Waals surface area contributed by atoms with E-state index >= 15 is 0 Å². The molecule has 0 N–H and O–H groups in total. The van der Waals surface area contributed by atoms with Crippen LogP contribution in [0, 0.1) is 11.6 Å². The van der Waals surface area contributed by atoms with Crippen LogP contribution in [0.15, 0.2) is 52.4 Å². The number of carbonyl (C=O) groups excluding carboxylic acids is 1. The van der Waals surface area contributed by atoms with Gasteiger partial charge in [0.25, 0.3) is 5.91 Å². The molecule has 0 spiro atoms. The van der Waals surface area contributed by atoms with Gasteiger partial charge in [-0.15, -0.1) is 0 Å². The van der Waals surface area contributed by atoms with Gasteiger partial charge in [-0.2, -0.15) is 0 Å². The molecule has 2 aliphatic rings. The first kappa shape index (κ1) is 20.6. The SMILES string of the molecule is CCN1C(=O)/C(=C\c2ccc(N3CCCCC3)c(F)c2)SC1=Nc1ccc(F)cc1. The molecule has 1 amide bonds. The van der Waals surface area contributed by atoms with Crippen molar-refractivity contribution in [1.82, 2.24) is 4.90 Å². The highest BCUT2D eigenvalue weighted by atomic mass is 32.2. The Kier molecular flexibility index (Phi) is 6.18. The van der Waals surface area contributed by atoms with E-state index in [1.54, 1.807) is 29.2 Å². The Hall–Kier alpha value is -2.67. The predicted molar refractivity (Wildman–Crippen MR) is 119 cm³/mol. The number of anilines is 1. The maximum atomic E-state index is 14.7. The smallest absolute Gasteiger partial charge is 0.266 e. The van der Waals surface area contributed by atoms with Gasteiger partial charge in [0.1, 0.15) is 11.6 Å². The number of aliphatic imine (C=N–C) groups is 1. The second-order valence-corrected chi connectivity index (χ2v) is 8.30. The molecule has 2 aromatic carbocycles. The van der Waals surface area contributed by atoms with Crippen LogP contribution in [0.4, 0.5) is 20.2 Å². The number of halogens is 2. The molecule has 0 atom stereocenters. The summed E-state index contributed by atoms with van der Waals surface area (Å²) in [5, 5.41) is 0.533. The first-order valence-electron chi connectivity index (χ1n) is 10.2. The van der Waals surface area contributed by atoms with E-state index in [0.717, 1.165) is 25.9 Å². The van der Waals surface area contributed by atoms with E-state index in [9.17, 15) is 13.6 Å². The van der Waals surface area contributed by atoms with Crippen LogP contribution in [0.5, 0.6) is 0 Å². The van der Waals surface area contributed by atoms with Crippen molar-refractivity contribution in [2.75, 3.05) is 24.5 Å². The van der Waals surface area contributed by atoms with E-state index in [-0.39, 0.29) is 17.5 Å². The van der Waals surface area contributed by atoms with Crippen LogP contribution in [0.1, 0.15) is 31.7 Å². The van der Waals surface area contributed by atoms with Crippen molar-refractivity contribution in [3.8, 4) is 0 Å². The molecule has 0 radical (unpaired) electrons. The number of benzene rings is 2. The number of amidine groups is 1. The molecule has 4 rings (SSSR count). The molecule has 2 fully saturated rings. The first-order chi connectivity index (χ1) is 14.5. The minimum atomic E-state index is -0.336. The fourth-order valence-corrected chi connectivity index (χ4v) is 4.71. The van der Waals surface area contributed by atoms with Gasteiger partial charge in [-0.05, 0) is 86.0 Å². The van der Waals surface area contributed by atoms with Gasteiger partial charge in [0, 0.05) is 19.6 Å². The Morgan fingerprint density at radius 2 is 1.80 bits per heavy atom. The quantitative estimate of drug-likeness (QED) is 0.598. The van der Waals surface area contributed by atoms with Crippen LogP contribution in [-0.2, 0) is 4.79 Å². The first-order valence-corrected chi connectivity index (χ1v) is 11.0. The Morgan fingerprint density at radius 1 is 1.07 bits per heavy atom. The van der Waals surface area contributed by atoms with Gasteiger partial charge in [0.05, 0.1) is 16.3 Å². The van der Waals surface area contributed by atoms with Gasteiger partial charge < -0.3 is 4.90 Å². The van der Waals surface area contributed by atoms with Crippen molar-refractivity contribution in [3.63, 3.8) is 0 Å². The Bertz CT molecular complexity index is 998. The maximum absolute atomic E-state index is 14.7. The van der Waals surface area contributed by atoms with Crippen LogP contribution in [0.2, 0.25) is 0 Å². The van der Waals surface area contributed by atoms with Crippen LogP contribution in [-0.4, -0.2) is 35.6 Å². The average Bonchev–Trinajstić information content (AvgIpc) is 3.04.